The summed E-state index contributed by atoms with van der Waals surface area (Å²) in [7, 11) is 0. The number of primary amides is 1. The predicted octanol–water partition coefficient (Wildman–Crippen LogP) is 1.27. The van der Waals surface area contributed by atoms with Crippen molar-refractivity contribution in [1.29, 1.82) is 5.26 Å². The molecule has 0 spiro atoms. The Bertz CT molecular complexity index is 272. The number of carbonyl (C=O) groups is 1. The number of carbonyl (C=O) groups excluding carboxylic acids is 1. The van der Waals surface area contributed by atoms with E-state index in [4.69, 9.17) is 11.0 Å². The Kier molecular flexibility index (Phi) is 5.27. The Balaban J connectivity index is 2.59. The lowest BCUT2D eigenvalue weighted by atomic mass is 10.0. The summed E-state index contributed by atoms with van der Waals surface area (Å²) >= 11 is 0. The van der Waals surface area contributed by atoms with Gasteiger partial charge in [0.15, 0.2) is 0 Å². The summed E-state index contributed by atoms with van der Waals surface area (Å²) in [4.78, 5) is 13.1. The van der Waals surface area contributed by atoms with Crippen molar-refractivity contribution in [1.82, 2.24) is 4.90 Å². The lowest BCUT2D eigenvalue weighted by Gasteiger charge is -2.29. The molecule has 4 nitrogen and oxygen atoms in total. The van der Waals surface area contributed by atoms with Crippen LogP contribution in [0.5, 0.6) is 0 Å². The summed E-state index contributed by atoms with van der Waals surface area (Å²) in [6, 6.07) is 2.59. The zero-order valence-electron chi connectivity index (χ0n) is 9.98. The molecule has 2 atom stereocenters. The number of rotatable bonds is 6. The van der Waals surface area contributed by atoms with Gasteiger partial charge in [-0.1, -0.05) is 19.8 Å². The standard InChI is InChI=1S/C12H21N3O/c1-2-3-7-15(9-12(14)16)11-6-4-5-10(11)8-13/h10-11H,2-7,9H2,1H3,(H2,14,16). The largest absolute Gasteiger partial charge is 0.369 e. The smallest absolute Gasteiger partial charge is 0.231 e. The van der Waals surface area contributed by atoms with Crippen LogP contribution >= 0.6 is 0 Å². The number of nitriles is 1. The van der Waals surface area contributed by atoms with Crippen LogP contribution < -0.4 is 5.73 Å². The molecule has 2 N–H and O–H groups in total. The maximum Gasteiger partial charge on any atom is 0.231 e. The van der Waals surface area contributed by atoms with E-state index in [-0.39, 0.29) is 17.9 Å². The fourth-order valence-corrected chi connectivity index (χ4v) is 2.45. The molecule has 1 saturated carbocycles. The van der Waals surface area contributed by atoms with Crippen LogP contribution in [0.1, 0.15) is 39.0 Å². The average Bonchev–Trinajstić information content (AvgIpc) is 2.71. The van der Waals surface area contributed by atoms with Crippen molar-refractivity contribution in [2.75, 3.05) is 13.1 Å². The second-order valence-corrected chi connectivity index (χ2v) is 4.52. The number of hydrogen-bond acceptors (Lipinski definition) is 3. The van der Waals surface area contributed by atoms with E-state index in [1.165, 1.54) is 0 Å². The Morgan fingerprint density at radius 1 is 1.56 bits per heavy atom. The highest BCUT2D eigenvalue weighted by Gasteiger charge is 2.32. The van der Waals surface area contributed by atoms with Gasteiger partial charge in [0.05, 0.1) is 18.5 Å². The SMILES string of the molecule is CCCCN(CC(N)=O)C1CCCC1C#N. The normalized spacial score (nSPS) is 24.6. The molecular formula is C12H21N3O. The van der Waals surface area contributed by atoms with Crippen molar-refractivity contribution >= 4 is 5.91 Å². The lowest BCUT2D eigenvalue weighted by Crippen LogP contribution is -2.43. The van der Waals surface area contributed by atoms with Gasteiger partial charge in [0, 0.05) is 6.04 Å². The highest BCUT2D eigenvalue weighted by molar-refractivity contribution is 5.76. The van der Waals surface area contributed by atoms with Crippen molar-refractivity contribution in [3.8, 4) is 6.07 Å². The van der Waals surface area contributed by atoms with E-state index in [0.717, 1.165) is 38.6 Å². The highest BCUT2D eigenvalue weighted by atomic mass is 16.1. The van der Waals surface area contributed by atoms with Crippen LogP contribution in [0.4, 0.5) is 0 Å². The first-order valence-electron chi connectivity index (χ1n) is 6.11. The highest BCUT2D eigenvalue weighted by Crippen LogP contribution is 2.29. The Labute approximate surface area is 97.4 Å². The van der Waals surface area contributed by atoms with Gasteiger partial charge in [-0.05, 0) is 25.8 Å². The summed E-state index contributed by atoms with van der Waals surface area (Å²) in [6.45, 7) is 3.30. The molecule has 0 aliphatic heterocycles. The number of nitrogens with zero attached hydrogens (tertiary/aromatic N) is 2. The summed E-state index contributed by atoms with van der Waals surface area (Å²) in [5.74, 6) is -0.212. The molecule has 2 unspecified atom stereocenters. The molecule has 1 aliphatic rings. The van der Waals surface area contributed by atoms with Crippen LogP contribution in [-0.2, 0) is 4.79 Å². The molecule has 1 rings (SSSR count). The third kappa shape index (κ3) is 3.49. The Morgan fingerprint density at radius 2 is 2.31 bits per heavy atom. The van der Waals surface area contributed by atoms with E-state index in [1.807, 2.05) is 0 Å². The van der Waals surface area contributed by atoms with Crippen molar-refractivity contribution in [3.63, 3.8) is 0 Å². The van der Waals surface area contributed by atoms with E-state index < -0.39 is 0 Å². The molecule has 0 aromatic rings. The number of amides is 1. The Morgan fingerprint density at radius 3 is 2.88 bits per heavy atom. The minimum atomic E-state index is -0.292. The van der Waals surface area contributed by atoms with Crippen LogP contribution in [0.15, 0.2) is 0 Å². The van der Waals surface area contributed by atoms with E-state index in [2.05, 4.69) is 17.9 Å². The maximum atomic E-state index is 11.0. The fraction of sp³-hybridized carbons (Fsp3) is 0.833. The van der Waals surface area contributed by atoms with E-state index in [0.29, 0.717) is 6.54 Å². The van der Waals surface area contributed by atoms with Gasteiger partial charge in [0.1, 0.15) is 0 Å². The molecule has 0 aromatic heterocycles. The molecular weight excluding hydrogens is 202 g/mol. The lowest BCUT2D eigenvalue weighted by molar-refractivity contribution is -0.119. The summed E-state index contributed by atoms with van der Waals surface area (Å²) in [5, 5.41) is 9.05. The molecule has 0 saturated heterocycles. The maximum absolute atomic E-state index is 11.0. The zero-order valence-corrected chi connectivity index (χ0v) is 9.98. The minimum Gasteiger partial charge on any atom is -0.369 e. The molecule has 0 bridgehead atoms. The van der Waals surface area contributed by atoms with Gasteiger partial charge in [-0.3, -0.25) is 9.69 Å². The molecule has 0 aromatic carbocycles. The van der Waals surface area contributed by atoms with Gasteiger partial charge in [0.2, 0.25) is 5.91 Å². The first-order valence-corrected chi connectivity index (χ1v) is 6.11. The van der Waals surface area contributed by atoms with Crippen LogP contribution in [-0.4, -0.2) is 29.9 Å². The predicted molar refractivity (Wildman–Crippen MR) is 62.4 cm³/mol. The molecule has 16 heavy (non-hydrogen) atoms. The molecule has 1 aliphatic carbocycles. The summed E-state index contributed by atoms with van der Waals surface area (Å²) < 4.78 is 0. The minimum absolute atomic E-state index is 0.0798. The summed E-state index contributed by atoms with van der Waals surface area (Å²) in [5.41, 5.74) is 5.26. The van der Waals surface area contributed by atoms with Crippen molar-refractivity contribution in [3.05, 3.63) is 0 Å². The number of hydrogen-bond donors (Lipinski definition) is 1. The molecule has 90 valence electrons. The van der Waals surface area contributed by atoms with Crippen molar-refractivity contribution in [2.24, 2.45) is 11.7 Å². The third-order valence-corrected chi connectivity index (χ3v) is 3.27. The van der Waals surface area contributed by atoms with Crippen LogP contribution in [0.2, 0.25) is 0 Å². The Hall–Kier alpha value is -1.08. The monoisotopic (exact) mass is 223 g/mol. The average molecular weight is 223 g/mol. The van der Waals surface area contributed by atoms with Crippen LogP contribution in [0.3, 0.4) is 0 Å². The number of nitrogens with two attached hydrogens (primary N) is 1. The van der Waals surface area contributed by atoms with Gasteiger partial charge in [0.25, 0.3) is 0 Å². The molecule has 0 radical (unpaired) electrons. The second kappa shape index (κ2) is 6.49. The summed E-state index contributed by atoms with van der Waals surface area (Å²) in [6.07, 6.45) is 5.23. The fourth-order valence-electron chi connectivity index (χ4n) is 2.45. The van der Waals surface area contributed by atoms with Gasteiger partial charge >= 0.3 is 0 Å². The van der Waals surface area contributed by atoms with Crippen molar-refractivity contribution in [2.45, 2.75) is 45.1 Å². The topological polar surface area (TPSA) is 70.1 Å². The zero-order chi connectivity index (χ0) is 12.0. The molecule has 0 heterocycles. The van der Waals surface area contributed by atoms with Gasteiger partial charge in [-0.25, -0.2) is 0 Å². The first-order chi connectivity index (χ1) is 7.69. The van der Waals surface area contributed by atoms with Gasteiger partial charge < -0.3 is 5.73 Å². The van der Waals surface area contributed by atoms with Gasteiger partial charge in [-0.15, -0.1) is 0 Å². The van der Waals surface area contributed by atoms with E-state index in [9.17, 15) is 4.79 Å². The van der Waals surface area contributed by atoms with Gasteiger partial charge in [-0.2, -0.15) is 5.26 Å². The van der Waals surface area contributed by atoms with Crippen LogP contribution in [0, 0.1) is 17.2 Å². The molecule has 4 heteroatoms. The second-order valence-electron chi connectivity index (χ2n) is 4.52. The number of unbranched alkanes of at least 4 members (excludes halogenated alkanes) is 1. The third-order valence-electron chi connectivity index (χ3n) is 3.27. The van der Waals surface area contributed by atoms with Crippen LogP contribution in [0.25, 0.3) is 0 Å². The molecule has 1 fully saturated rings. The molecule has 1 amide bonds. The van der Waals surface area contributed by atoms with Crippen molar-refractivity contribution < 1.29 is 4.79 Å². The quantitative estimate of drug-likeness (QED) is 0.737. The first kappa shape index (κ1) is 13.0. The van der Waals surface area contributed by atoms with E-state index in [1.54, 1.807) is 0 Å². The van der Waals surface area contributed by atoms with E-state index >= 15 is 0 Å².